The Morgan fingerprint density at radius 1 is 1.62 bits per heavy atom. The van der Waals surface area contributed by atoms with Crippen molar-refractivity contribution in [2.24, 2.45) is 0 Å². The van der Waals surface area contributed by atoms with Gasteiger partial charge < -0.3 is 4.55 Å². The summed E-state index contributed by atoms with van der Waals surface area (Å²) in [5.74, 6) is 0. The average Bonchev–Trinajstić information content (AvgIpc) is 1.90. The molecule has 0 saturated heterocycles. The van der Waals surface area contributed by atoms with Gasteiger partial charge >= 0.3 is 0 Å². The van der Waals surface area contributed by atoms with E-state index in [2.05, 4.69) is 4.98 Å². The molecule has 0 bridgehead atoms. The molecule has 1 rings (SSSR count). The van der Waals surface area contributed by atoms with Crippen molar-refractivity contribution < 1.29 is 4.55 Å². The lowest BCUT2D eigenvalue weighted by atomic mass is 10.5. The second kappa shape index (κ2) is 2.69. The first kappa shape index (κ1) is 5.59. The number of hydrogen-bond donors (Lipinski definition) is 1. The van der Waals surface area contributed by atoms with Crippen molar-refractivity contribution in [2.75, 3.05) is 0 Å². The lowest BCUT2D eigenvalue weighted by Gasteiger charge is -1.86. The van der Waals surface area contributed by atoms with E-state index in [4.69, 9.17) is 4.55 Å². The molecular formula is C5H5NOS. The van der Waals surface area contributed by atoms with Crippen molar-refractivity contribution in [1.29, 1.82) is 0 Å². The van der Waals surface area contributed by atoms with Crippen molar-refractivity contribution in [1.82, 2.24) is 4.98 Å². The van der Waals surface area contributed by atoms with E-state index in [0.29, 0.717) is 12.0 Å². The molecule has 1 N–H and O–H groups in total. The summed E-state index contributed by atoms with van der Waals surface area (Å²) in [5.41, 5.74) is 0. The molecule has 0 radical (unpaired) electrons. The molecule has 42 valence electrons. The third-order valence-corrected chi connectivity index (χ3v) is 1.19. The molecule has 0 atom stereocenters. The van der Waals surface area contributed by atoms with Crippen LogP contribution in [0.3, 0.4) is 0 Å². The maximum absolute atomic E-state index is 8.41. The number of nitrogens with zero attached hydrogens (tertiary/aromatic N) is 1. The SMILES string of the molecule is OSc1cccnc1. The van der Waals surface area contributed by atoms with Crippen molar-refractivity contribution in [3.63, 3.8) is 0 Å². The highest BCUT2D eigenvalue weighted by atomic mass is 32.2. The van der Waals surface area contributed by atoms with Crippen LogP contribution in [0.15, 0.2) is 29.4 Å². The number of rotatable bonds is 1. The van der Waals surface area contributed by atoms with Gasteiger partial charge in [0.05, 0.1) is 4.90 Å². The van der Waals surface area contributed by atoms with Gasteiger partial charge in [-0.2, -0.15) is 0 Å². The minimum Gasteiger partial charge on any atom is -0.325 e. The maximum atomic E-state index is 8.41. The van der Waals surface area contributed by atoms with Crippen LogP contribution in [0.1, 0.15) is 0 Å². The quantitative estimate of drug-likeness (QED) is 0.582. The Bertz CT molecular complexity index is 154. The van der Waals surface area contributed by atoms with Crippen LogP contribution in [0.5, 0.6) is 0 Å². The predicted molar refractivity (Wildman–Crippen MR) is 32.7 cm³/mol. The largest absolute Gasteiger partial charge is 0.325 e. The van der Waals surface area contributed by atoms with E-state index in [1.807, 2.05) is 0 Å². The zero-order chi connectivity index (χ0) is 5.82. The van der Waals surface area contributed by atoms with Crippen LogP contribution in [0.2, 0.25) is 0 Å². The third kappa shape index (κ3) is 1.21. The Kier molecular flexibility index (Phi) is 1.88. The summed E-state index contributed by atoms with van der Waals surface area (Å²) < 4.78 is 8.41. The zero-order valence-electron chi connectivity index (χ0n) is 4.11. The lowest BCUT2D eigenvalue weighted by molar-refractivity contribution is 0.663. The van der Waals surface area contributed by atoms with Crippen LogP contribution < -0.4 is 0 Å². The van der Waals surface area contributed by atoms with E-state index in [0.717, 1.165) is 4.90 Å². The summed E-state index contributed by atoms with van der Waals surface area (Å²) in [6.45, 7) is 0. The smallest absolute Gasteiger partial charge is 0.0534 e. The molecule has 0 aliphatic carbocycles. The maximum Gasteiger partial charge on any atom is 0.0534 e. The fourth-order valence-electron chi connectivity index (χ4n) is 0.401. The van der Waals surface area contributed by atoms with Crippen molar-refractivity contribution in [2.45, 2.75) is 4.90 Å². The number of aromatic nitrogens is 1. The topological polar surface area (TPSA) is 33.1 Å². The van der Waals surface area contributed by atoms with E-state index < -0.39 is 0 Å². The number of pyridine rings is 1. The van der Waals surface area contributed by atoms with Crippen LogP contribution in [0.4, 0.5) is 0 Å². The second-order valence-electron chi connectivity index (χ2n) is 1.28. The standard InChI is InChI=1S/C5H5NOS/c7-8-5-2-1-3-6-4-5/h1-4,7H. The fraction of sp³-hybridized carbons (Fsp3) is 0. The van der Waals surface area contributed by atoms with E-state index in [1.54, 1.807) is 24.5 Å². The molecule has 0 aliphatic heterocycles. The minimum absolute atomic E-state index is 0.706. The third-order valence-electron chi connectivity index (χ3n) is 0.740. The summed E-state index contributed by atoms with van der Waals surface area (Å²) in [7, 11) is 0. The first-order valence-corrected chi connectivity index (χ1v) is 2.92. The summed E-state index contributed by atoms with van der Waals surface area (Å²) in [5, 5.41) is 0. The summed E-state index contributed by atoms with van der Waals surface area (Å²) in [6.07, 6.45) is 3.27. The van der Waals surface area contributed by atoms with Crippen molar-refractivity contribution >= 4 is 12.0 Å². The molecule has 0 aromatic carbocycles. The van der Waals surface area contributed by atoms with Crippen LogP contribution >= 0.6 is 12.0 Å². The molecule has 1 heterocycles. The van der Waals surface area contributed by atoms with Crippen LogP contribution in [0.25, 0.3) is 0 Å². The van der Waals surface area contributed by atoms with Gasteiger partial charge in [-0.15, -0.1) is 0 Å². The van der Waals surface area contributed by atoms with E-state index in [1.165, 1.54) is 0 Å². The van der Waals surface area contributed by atoms with Gasteiger partial charge in [-0.1, -0.05) is 0 Å². The van der Waals surface area contributed by atoms with E-state index >= 15 is 0 Å². The highest BCUT2D eigenvalue weighted by Gasteiger charge is 1.83. The fourth-order valence-corrected chi connectivity index (χ4v) is 0.649. The van der Waals surface area contributed by atoms with Gasteiger partial charge in [0.15, 0.2) is 0 Å². The molecule has 0 aliphatic rings. The van der Waals surface area contributed by atoms with Crippen molar-refractivity contribution in [3.8, 4) is 0 Å². The molecule has 0 amide bonds. The molecule has 0 spiro atoms. The van der Waals surface area contributed by atoms with Gasteiger partial charge in [0.1, 0.15) is 0 Å². The van der Waals surface area contributed by atoms with Gasteiger partial charge in [0.25, 0.3) is 0 Å². The molecule has 1 aromatic rings. The first-order chi connectivity index (χ1) is 3.93. The highest BCUT2D eigenvalue weighted by Crippen LogP contribution is 2.09. The summed E-state index contributed by atoms with van der Waals surface area (Å²) in [6, 6.07) is 3.57. The Balaban J connectivity index is 2.83. The van der Waals surface area contributed by atoms with Gasteiger partial charge in [-0.05, 0) is 12.1 Å². The Hall–Kier alpha value is -0.540. The molecule has 3 heteroatoms. The first-order valence-electron chi connectivity index (χ1n) is 2.15. The van der Waals surface area contributed by atoms with Gasteiger partial charge in [0.2, 0.25) is 0 Å². The minimum atomic E-state index is 0.706. The van der Waals surface area contributed by atoms with E-state index in [9.17, 15) is 0 Å². The van der Waals surface area contributed by atoms with Crippen LogP contribution in [-0.4, -0.2) is 9.54 Å². The summed E-state index contributed by atoms with van der Waals surface area (Å²) in [4.78, 5) is 4.55. The van der Waals surface area contributed by atoms with Gasteiger partial charge in [0, 0.05) is 24.4 Å². The molecule has 0 unspecified atom stereocenters. The van der Waals surface area contributed by atoms with Crippen molar-refractivity contribution in [3.05, 3.63) is 24.5 Å². The molecule has 0 fully saturated rings. The monoisotopic (exact) mass is 127 g/mol. The predicted octanol–water partition coefficient (Wildman–Crippen LogP) is 1.65. The number of hydrogen-bond acceptors (Lipinski definition) is 3. The normalized spacial score (nSPS) is 9.12. The molecule has 8 heavy (non-hydrogen) atoms. The van der Waals surface area contributed by atoms with E-state index in [-0.39, 0.29) is 0 Å². The molecule has 2 nitrogen and oxygen atoms in total. The van der Waals surface area contributed by atoms with Crippen LogP contribution in [-0.2, 0) is 0 Å². The zero-order valence-corrected chi connectivity index (χ0v) is 4.93. The highest BCUT2D eigenvalue weighted by molar-refractivity contribution is 7.93. The lowest BCUT2D eigenvalue weighted by Crippen LogP contribution is -1.69. The Labute approximate surface area is 51.8 Å². The van der Waals surface area contributed by atoms with Gasteiger partial charge in [-0.3, -0.25) is 4.98 Å². The average molecular weight is 127 g/mol. The molecular weight excluding hydrogens is 122 g/mol. The van der Waals surface area contributed by atoms with Gasteiger partial charge in [-0.25, -0.2) is 0 Å². The summed E-state index contributed by atoms with van der Waals surface area (Å²) >= 11 is 0.706. The second-order valence-corrected chi connectivity index (χ2v) is 1.93. The molecule has 1 aromatic heterocycles. The Morgan fingerprint density at radius 3 is 2.88 bits per heavy atom. The van der Waals surface area contributed by atoms with Crippen LogP contribution in [0, 0.1) is 0 Å². The molecule has 0 saturated carbocycles. The Morgan fingerprint density at radius 2 is 2.50 bits per heavy atom.